The van der Waals surface area contributed by atoms with Gasteiger partial charge in [-0.2, -0.15) is 10.4 Å². The second-order valence-electron chi connectivity index (χ2n) is 15.9. The van der Waals surface area contributed by atoms with E-state index in [1.807, 2.05) is 78.9 Å². The number of carbonyl (C=O) groups excluding carboxylic acids is 3. The molecule has 2 aliphatic rings. The first-order chi connectivity index (χ1) is 28.9. The molecule has 5 heterocycles. The maximum atomic E-state index is 15.1. The van der Waals surface area contributed by atoms with Crippen LogP contribution in [-0.2, 0) is 40.0 Å². The first-order valence-electron chi connectivity index (χ1n) is 20.1. The summed E-state index contributed by atoms with van der Waals surface area (Å²) in [6.07, 6.45) is 1.29. The Morgan fingerprint density at radius 2 is 1.55 bits per heavy atom. The topological polar surface area (TPSA) is 143 Å². The second kappa shape index (κ2) is 14.8. The van der Waals surface area contributed by atoms with Gasteiger partial charge in [0.2, 0.25) is 0 Å². The van der Waals surface area contributed by atoms with E-state index in [0.29, 0.717) is 76.9 Å². The predicted molar refractivity (Wildman–Crippen MR) is 229 cm³/mol. The molecule has 0 unspecified atom stereocenters. The van der Waals surface area contributed by atoms with Crippen molar-refractivity contribution in [3.63, 3.8) is 0 Å². The number of H-pyrrole nitrogens is 1. The quantitative estimate of drug-likeness (QED) is 0.175. The number of anilines is 2. The van der Waals surface area contributed by atoms with Gasteiger partial charge in [-0.25, -0.2) is 0 Å². The van der Waals surface area contributed by atoms with Crippen molar-refractivity contribution >= 4 is 40.0 Å². The number of benzene rings is 4. The monoisotopic (exact) mass is 796 g/mol. The fourth-order valence-corrected chi connectivity index (χ4v) is 8.83. The highest BCUT2D eigenvalue weighted by atomic mass is 16.3. The number of amides is 3. The van der Waals surface area contributed by atoms with Gasteiger partial charge in [0.25, 0.3) is 17.7 Å². The number of hydrogen-bond donors (Lipinski definition) is 2. The highest BCUT2D eigenvalue weighted by Crippen LogP contribution is 2.38. The van der Waals surface area contributed by atoms with Crippen molar-refractivity contribution in [2.24, 2.45) is 14.1 Å². The molecule has 0 bridgehead atoms. The molecule has 0 fully saturated rings. The van der Waals surface area contributed by atoms with Crippen molar-refractivity contribution in [3.8, 4) is 23.1 Å². The lowest BCUT2D eigenvalue weighted by Crippen LogP contribution is -2.43. The van der Waals surface area contributed by atoms with Gasteiger partial charge in [0, 0.05) is 79.1 Å². The van der Waals surface area contributed by atoms with E-state index < -0.39 is 0 Å². The van der Waals surface area contributed by atoms with Crippen LogP contribution in [0, 0.1) is 25.2 Å². The third kappa shape index (κ3) is 6.30. The minimum absolute atomic E-state index is 0.0602. The largest absolute Gasteiger partial charge is 0.508 e. The lowest BCUT2D eigenvalue weighted by molar-refractivity contribution is 0.0658. The lowest BCUT2D eigenvalue weighted by atomic mass is 9.89. The molecule has 1 atom stereocenters. The Kier molecular flexibility index (Phi) is 9.39. The maximum absolute atomic E-state index is 15.1. The van der Waals surface area contributed by atoms with E-state index >= 15 is 4.79 Å². The summed E-state index contributed by atoms with van der Waals surface area (Å²) in [5.41, 5.74) is 10.6. The standard InChI is InChI=1S/C48H44N8O4/c1-28-20-31-10-6-7-11-33(31)27-55(28)46(58)41-22-34-26-54(48(60)45-38-12-8-9-13-42(38)50-51-45)19-18-32(34)21-40(41)44-24-39(29(2)53(44)5)47(59)56(35-14-16-37(57)17-15-35)43-23-36(25-49)52(4)30(43)3/h6-17,21-24,28,57H,18-20,26-27H2,1-5H3,(H,50,51)/t28-/m1/s1. The number of carbonyl (C=O) groups is 3. The van der Waals surface area contributed by atoms with Crippen molar-refractivity contribution in [2.45, 2.75) is 52.7 Å². The minimum Gasteiger partial charge on any atom is -0.508 e. The minimum atomic E-state index is -0.328. The van der Waals surface area contributed by atoms with E-state index in [0.717, 1.165) is 39.7 Å². The molecule has 7 aromatic rings. The smallest absolute Gasteiger partial charge is 0.275 e. The summed E-state index contributed by atoms with van der Waals surface area (Å²) in [4.78, 5) is 49.3. The molecule has 3 aromatic heterocycles. The van der Waals surface area contributed by atoms with Gasteiger partial charge in [-0.1, -0.05) is 42.5 Å². The van der Waals surface area contributed by atoms with E-state index in [4.69, 9.17) is 0 Å². The summed E-state index contributed by atoms with van der Waals surface area (Å²) < 4.78 is 3.70. The highest BCUT2D eigenvalue weighted by molar-refractivity contribution is 6.13. The number of nitrogens with zero attached hydrogens (tertiary/aromatic N) is 7. The van der Waals surface area contributed by atoms with Gasteiger partial charge in [-0.15, -0.1) is 0 Å². The van der Waals surface area contributed by atoms with Gasteiger partial charge >= 0.3 is 0 Å². The normalized spacial score (nSPS) is 14.8. The molecule has 9 rings (SSSR count). The molecule has 0 saturated heterocycles. The van der Waals surface area contributed by atoms with Crippen LogP contribution in [0.3, 0.4) is 0 Å². The number of fused-ring (bicyclic) bond motifs is 3. The summed E-state index contributed by atoms with van der Waals surface area (Å²) in [6.45, 7) is 7.06. The van der Waals surface area contributed by atoms with E-state index in [2.05, 4.69) is 41.4 Å². The molecule has 0 saturated carbocycles. The lowest BCUT2D eigenvalue weighted by Gasteiger charge is -2.36. The van der Waals surface area contributed by atoms with E-state index in [-0.39, 0.29) is 29.5 Å². The summed E-state index contributed by atoms with van der Waals surface area (Å²) >= 11 is 0. The van der Waals surface area contributed by atoms with Crippen molar-refractivity contribution in [2.75, 3.05) is 11.4 Å². The van der Waals surface area contributed by atoms with Gasteiger partial charge in [0.15, 0.2) is 5.69 Å². The van der Waals surface area contributed by atoms with E-state index in [1.165, 1.54) is 17.7 Å². The molecule has 3 amide bonds. The number of aromatic hydroxyl groups is 1. The molecule has 2 N–H and O–H groups in total. The van der Waals surface area contributed by atoms with Crippen molar-refractivity contribution in [1.29, 1.82) is 5.26 Å². The summed E-state index contributed by atoms with van der Waals surface area (Å²) in [6, 6.07) is 31.9. The Morgan fingerprint density at radius 1 is 0.817 bits per heavy atom. The number of para-hydroxylation sites is 1. The third-order valence-corrected chi connectivity index (χ3v) is 12.5. The van der Waals surface area contributed by atoms with Crippen LogP contribution in [0.4, 0.5) is 11.4 Å². The van der Waals surface area contributed by atoms with Crippen LogP contribution in [-0.4, -0.2) is 64.5 Å². The number of nitriles is 1. The average molecular weight is 797 g/mol. The molecule has 0 spiro atoms. The van der Waals surface area contributed by atoms with Crippen LogP contribution in [0.1, 0.15) is 77.5 Å². The zero-order valence-electron chi connectivity index (χ0n) is 34.2. The highest BCUT2D eigenvalue weighted by Gasteiger charge is 2.34. The van der Waals surface area contributed by atoms with Crippen LogP contribution < -0.4 is 4.90 Å². The molecule has 60 heavy (non-hydrogen) atoms. The average Bonchev–Trinajstić information content (AvgIpc) is 3.92. The first-order valence-corrected chi connectivity index (χ1v) is 20.1. The van der Waals surface area contributed by atoms with E-state index in [9.17, 15) is 20.0 Å². The molecule has 300 valence electrons. The second-order valence-corrected chi connectivity index (χ2v) is 15.9. The van der Waals surface area contributed by atoms with Crippen LogP contribution in [0.25, 0.3) is 22.2 Å². The third-order valence-electron chi connectivity index (χ3n) is 12.5. The van der Waals surface area contributed by atoms with Crippen molar-refractivity contribution in [3.05, 3.63) is 153 Å². The predicted octanol–water partition coefficient (Wildman–Crippen LogP) is 7.87. The summed E-state index contributed by atoms with van der Waals surface area (Å²) in [5, 5.41) is 28.2. The molecule has 4 aromatic carbocycles. The number of aromatic amines is 1. The first kappa shape index (κ1) is 38.1. The van der Waals surface area contributed by atoms with Gasteiger partial charge in [-0.3, -0.25) is 24.4 Å². The zero-order chi connectivity index (χ0) is 42.0. The number of phenols is 1. The number of rotatable bonds is 6. The van der Waals surface area contributed by atoms with Crippen molar-refractivity contribution in [1.82, 2.24) is 29.1 Å². The van der Waals surface area contributed by atoms with Crippen LogP contribution in [0.15, 0.2) is 97.1 Å². The number of hydrogen-bond acceptors (Lipinski definition) is 6. The number of nitrogens with one attached hydrogen (secondary N) is 1. The van der Waals surface area contributed by atoms with Gasteiger partial charge in [-0.05, 0) is 110 Å². The summed E-state index contributed by atoms with van der Waals surface area (Å²) in [7, 11) is 3.68. The molecule has 2 aliphatic heterocycles. The van der Waals surface area contributed by atoms with Crippen LogP contribution in [0.2, 0.25) is 0 Å². The summed E-state index contributed by atoms with van der Waals surface area (Å²) in [5.74, 6) is -0.570. The Bertz CT molecular complexity index is 2930. The van der Waals surface area contributed by atoms with Gasteiger partial charge in [0.05, 0.1) is 16.8 Å². The number of aromatic nitrogens is 4. The van der Waals surface area contributed by atoms with Crippen LogP contribution >= 0.6 is 0 Å². The fourth-order valence-electron chi connectivity index (χ4n) is 8.83. The Balaban J connectivity index is 1.15. The van der Waals surface area contributed by atoms with Gasteiger partial charge in [0.1, 0.15) is 17.5 Å². The van der Waals surface area contributed by atoms with Crippen molar-refractivity contribution < 1.29 is 19.5 Å². The SMILES string of the molecule is Cc1c(N(C(=O)c2cc(-c3cc4c(cc3C(=O)N3Cc5ccccc5C[C@H]3C)CN(C(=O)c3n[nH]c5ccccc35)CC4)n(C)c2C)c2ccc(O)cc2)cc(C#N)n1C. The Morgan fingerprint density at radius 3 is 2.30 bits per heavy atom. The Hall–Kier alpha value is -7.39. The number of phenolic OH excluding ortho intramolecular Hbond substituents is 1. The molecule has 12 heteroatoms. The molecule has 12 nitrogen and oxygen atoms in total. The molecular weight excluding hydrogens is 753 g/mol. The fraction of sp³-hybridized carbons (Fsp3) is 0.229. The van der Waals surface area contributed by atoms with E-state index in [1.54, 1.807) is 39.6 Å². The van der Waals surface area contributed by atoms with Crippen LogP contribution in [0.5, 0.6) is 5.75 Å². The molecule has 0 radical (unpaired) electrons. The molecule has 0 aliphatic carbocycles. The maximum Gasteiger partial charge on any atom is 0.275 e. The Labute approximate surface area is 347 Å². The zero-order valence-corrected chi connectivity index (χ0v) is 34.2. The van der Waals surface area contributed by atoms with Gasteiger partial charge < -0.3 is 24.0 Å². The molecular formula is C48H44N8O4.